The largest absolute Gasteiger partial charge is 0.313 e. The zero-order chi connectivity index (χ0) is 47.3. The molecule has 15 rings (SSSR count). The molecule has 0 N–H and O–H groups in total. The van der Waals surface area contributed by atoms with E-state index >= 15 is 0 Å². The molecule has 0 radical (unpaired) electrons. The molecular weight excluding hydrogens is 869 g/mol. The summed E-state index contributed by atoms with van der Waals surface area (Å²) in [7, 11) is 0. The third-order valence-electron chi connectivity index (χ3n) is 15.9. The van der Waals surface area contributed by atoms with Gasteiger partial charge < -0.3 is 9.13 Å². The van der Waals surface area contributed by atoms with Crippen molar-refractivity contribution >= 4 is 77.0 Å². The quantitative estimate of drug-likeness (QED) is 0.147. The van der Waals surface area contributed by atoms with Crippen molar-refractivity contribution in [2.45, 2.75) is 25.7 Å². The maximum absolute atomic E-state index is 2.60. The average Bonchev–Trinajstić information content (AvgIpc) is 3.97. The number of nitrogens with zero attached hydrogens (tertiary/aromatic N) is 2. The van der Waals surface area contributed by atoms with Gasteiger partial charge in [0.05, 0.1) is 11.0 Å². The Kier molecular flexibility index (Phi) is 9.25. The Morgan fingerprint density at radius 1 is 0.306 bits per heavy atom. The molecule has 2 nitrogen and oxygen atoms in total. The Balaban J connectivity index is 1.12. The normalized spacial score (nSPS) is 13.2. The molecule has 2 aromatic heterocycles. The number of aromatic nitrogens is 2. The maximum atomic E-state index is 2.60. The molecule has 11 aromatic carbocycles. The van der Waals surface area contributed by atoms with Crippen LogP contribution in [-0.4, -0.2) is 9.13 Å². The van der Waals surface area contributed by atoms with Crippen LogP contribution in [0, 0.1) is 0 Å². The van der Waals surface area contributed by atoms with E-state index in [-0.39, 0.29) is 0 Å². The molecule has 338 valence electrons. The summed E-state index contributed by atoms with van der Waals surface area (Å²) in [5, 5.41) is 12.4. The summed E-state index contributed by atoms with van der Waals surface area (Å²) in [6.07, 6.45) is 13.7. The molecular formula is C70H48N2. The summed E-state index contributed by atoms with van der Waals surface area (Å²) >= 11 is 0. The fraction of sp³-hybridized carbons (Fsp3) is 0.0571. The summed E-state index contributed by atoms with van der Waals surface area (Å²) in [5.41, 5.74) is 20.2. The van der Waals surface area contributed by atoms with Gasteiger partial charge in [0.2, 0.25) is 0 Å². The number of para-hydroxylation sites is 2. The number of hydrogen-bond acceptors (Lipinski definition) is 0. The van der Waals surface area contributed by atoms with E-state index in [0.717, 1.165) is 31.4 Å². The van der Waals surface area contributed by atoms with E-state index in [1.807, 2.05) is 0 Å². The Morgan fingerprint density at radius 3 is 1.33 bits per heavy atom. The molecule has 2 aliphatic carbocycles. The van der Waals surface area contributed by atoms with E-state index in [2.05, 4.69) is 252 Å². The van der Waals surface area contributed by atoms with Crippen molar-refractivity contribution in [3.63, 3.8) is 0 Å². The smallest absolute Gasteiger partial charge is 0.0541 e. The molecule has 72 heavy (non-hydrogen) atoms. The van der Waals surface area contributed by atoms with Crippen LogP contribution in [0.15, 0.2) is 231 Å². The first kappa shape index (κ1) is 40.9. The minimum Gasteiger partial charge on any atom is -0.313 e. The Morgan fingerprint density at radius 2 is 0.750 bits per heavy atom. The van der Waals surface area contributed by atoms with Crippen molar-refractivity contribution in [1.82, 2.24) is 9.13 Å². The van der Waals surface area contributed by atoms with Gasteiger partial charge in [-0.1, -0.05) is 200 Å². The van der Waals surface area contributed by atoms with E-state index in [9.17, 15) is 0 Å². The minimum absolute atomic E-state index is 1.02. The Hall–Kier alpha value is -8.98. The van der Waals surface area contributed by atoms with Gasteiger partial charge in [0.25, 0.3) is 0 Å². The summed E-state index contributed by atoms with van der Waals surface area (Å²) < 4.78 is 5.07. The van der Waals surface area contributed by atoms with Gasteiger partial charge in [-0.25, -0.2) is 0 Å². The Bertz CT molecular complexity index is 4390. The van der Waals surface area contributed by atoms with Crippen molar-refractivity contribution in [2.75, 3.05) is 0 Å². The molecule has 0 atom stereocenters. The van der Waals surface area contributed by atoms with Crippen LogP contribution in [0.1, 0.15) is 35.4 Å². The molecule has 0 fully saturated rings. The lowest BCUT2D eigenvalue weighted by Gasteiger charge is -2.24. The summed E-state index contributed by atoms with van der Waals surface area (Å²) in [5.74, 6) is 0. The third kappa shape index (κ3) is 6.15. The predicted molar refractivity (Wildman–Crippen MR) is 307 cm³/mol. The summed E-state index contributed by atoms with van der Waals surface area (Å²) in [4.78, 5) is 0. The summed E-state index contributed by atoms with van der Waals surface area (Å²) in [6, 6.07) is 81.9. The molecule has 2 heterocycles. The first-order valence-electron chi connectivity index (χ1n) is 25.5. The van der Waals surface area contributed by atoms with Crippen molar-refractivity contribution < 1.29 is 0 Å². The fourth-order valence-electron chi connectivity index (χ4n) is 12.8. The van der Waals surface area contributed by atoms with Crippen LogP contribution >= 0.6 is 0 Å². The number of allylic oxidation sites excluding steroid dienone is 2. The van der Waals surface area contributed by atoms with Crippen molar-refractivity contribution in [2.24, 2.45) is 0 Å². The Labute approximate surface area is 418 Å². The highest BCUT2D eigenvalue weighted by Gasteiger charge is 2.27. The molecule has 2 aliphatic rings. The molecule has 0 saturated heterocycles. The molecule has 0 aliphatic heterocycles. The van der Waals surface area contributed by atoms with Crippen LogP contribution in [-0.2, 0) is 12.8 Å². The first-order chi connectivity index (χ1) is 35.8. The van der Waals surface area contributed by atoms with E-state index < -0.39 is 0 Å². The van der Waals surface area contributed by atoms with Gasteiger partial charge in [0, 0.05) is 33.5 Å². The van der Waals surface area contributed by atoms with Crippen molar-refractivity contribution in [3.05, 3.63) is 253 Å². The monoisotopic (exact) mass is 916 g/mol. The molecule has 0 unspecified atom stereocenters. The van der Waals surface area contributed by atoms with Gasteiger partial charge in [-0.3, -0.25) is 0 Å². The third-order valence-corrected chi connectivity index (χ3v) is 15.9. The standard InChI is InChI=1S/C70H48N2/c1-3-23-49-45(19-1)21-17-33-51(49)53-25-5-7-31-59(53)69-61-41-39-48(72-67-37-15-11-29-57(67)58-30-12-16-38-68(58)72)44-64(61)70(60-32-8-6-26-54(60)52-34-18-22-46-20-2-4-24-50(46)52)62-42-40-47(43-63(62)69)71-65-35-13-9-27-55(65)56-28-10-14-36-66(56)71/h1-11,13-14,16-29,31-36,38-44H,12,15,30,37H2. The molecule has 13 aromatic rings. The number of hydrogen-bond donors (Lipinski definition) is 0. The lowest BCUT2D eigenvalue weighted by Crippen LogP contribution is -2.05. The number of rotatable bonds is 6. The zero-order valence-electron chi connectivity index (χ0n) is 39.8. The molecule has 2 heteroatoms. The van der Waals surface area contributed by atoms with Gasteiger partial charge in [0.15, 0.2) is 0 Å². The van der Waals surface area contributed by atoms with Crippen LogP contribution in [0.2, 0.25) is 0 Å². The molecule has 0 spiro atoms. The number of benzene rings is 11. The van der Waals surface area contributed by atoms with E-state index in [4.69, 9.17) is 0 Å². The SMILES string of the molecule is C1=Cc2c(c3c(n2-c2ccc4c(-c5ccccc5-c5cccc6ccccc56)c5cc(-n6c7ccccc7c7ccccc76)ccc5c(-c5ccccc5-c5cccc6ccccc56)c4c2)CCC=C3)CC1. The lowest BCUT2D eigenvalue weighted by molar-refractivity contribution is 0.869. The van der Waals surface area contributed by atoms with E-state index in [0.29, 0.717) is 0 Å². The van der Waals surface area contributed by atoms with Gasteiger partial charge in [0.1, 0.15) is 0 Å². The first-order valence-corrected chi connectivity index (χ1v) is 25.5. The zero-order valence-corrected chi connectivity index (χ0v) is 39.8. The highest BCUT2D eigenvalue weighted by atomic mass is 15.0. The fourth-order valence-corrected chi connectivity index (χ4v) is 12.8. The van der Waals surface area contributed by atoms with Crippen molar-refractivity contribution in [1.29, 1.82) is 0 Å². The van der Waals surface area contributed by atoms with Crippen LogP contribution in [0.25, 0.3) is 133 Å². The van der Waals surface area contributed by atoms with E-state index in [1.165, 1.54) is 138 Å². The second-order valence-electron chi connectivity index (χ2n) is 19.7. The van der Waals surface area contributed by atoms with Gasteiger partial charge in [-0.15, -0.1) is 0 Å². The highest BCUT2D eigenvalue weighted by Crippen LogP contribution is 2.51. The van der Waals surface area contributed by atoms with Crippen LogP contribution in [0.4, 0.5) is 0 Å². The second kappa shape index (κ2) is 16.3. The minimum atomic E-state index is 1.02. The number of fused-ring (bicyclic) bond motifs is 10. The lowest BCUT2D eigenvalue weighted by atomic mass is 9.81. The molecule has 0 bridgehead atoms. The van der Waals surface area contributed by atoms with Crippen LogP contribution in [0.3, 0.4) is 0 Å². The predicted octanol–water partition coefficient (Wildman–Crippen LogP) is 18.8. The molecule has 0 amide bonds. The average molecular weight is 917 g/mol. The van der Waals surface area contributed by atoms with Crippen LogP contribution < -0.4 is 0 Å². The van der Waals surface area contributed by atoms with E-state index in [1.54, 1.807) is 0 Å². The molecule has 0 saturated carbocycles. The second-order valence-corrected chi connectivity index (χ2v) is 19.7. The van der Waals surface area contributed by atoms with Gasteiger partial charge in [-0.05, 0) is 167 Å². The van der Waals surface area contributed by atoms with Crippen LogP contribution in [0.5, 0.6) is 0 Å². The highest BCUT2D eigenvalue weighted by molar-refractivity contribution is 6.25. The topological polar surface area (TPSA) is 9.86 Å². The summed E-state index contributed by atoms with van der Waals surface area (Å²) in [6.45, 7) is 0. The maximum Gasteiger partial charge on any atom is 0.0541 e. The van der Waals surface area contributed by atoms with Gasteiger partial charge in [-0.2, -0.15) is 0 Å². The van der Waals surface area contributed by atoms with Gasteiger partial charge >= 0.3 is 0 Å². The van der Waals surface area contributed by atoms with Crippen molar-refractivity contribution in [3.8, 4) is 55.9 Å².